The Bertz CT molecular complexity index is 430. The van der Waals surface area contributed by atoms with Gasteiger partial charge in [-0.2, -0.15) is 5.10 Å². The quantitative estimate of drug-likeness (QED) is 0.801. The zero-order chi connectivity index (χ0) is 12.2. The molecule has 0 atom stereocenters. The van der Waals surface area contributed by atoms with Gasteiger partial charge in [-0.05, 0) is 24.3 Å². The van der Waals surface area contributed by atoms with Crippen LogP contribution in [0.4, 0.5) is 11.5 Å². The van der Waals surface area contributed by atoms with Crippen LogP contribution < -0.4 is 9.80 Å². The van der Waals surface area contributed by atoms with Crippen LogP contribution >= 0.6 is 0 Å². The summed E-state index contributed by atoms with van der Waals surface area (Å²) in [6.07, 6.45) is 1.71. The lowest BCUT2D eigenvalue weighted by Crippen LogP contribution is -2.46. The molecule has 0 radical (unpaired) electrons. The van der Waals surface area contributed by atoms with Gasteiger partial charge in [0.2, 0.25) is 0 Å². The van der Waals surface area contributed by atoms with Crippen LogP contribution in [0, 0.1) is 0 Å². The predicted molar refractivity (Wildman–Crippen MR) is 72.9 cm³/mol. The summed E-state index contributed by atoms with van der Waals surface area (Å²) in [4.78, 5) is 4.69. The average molecular weight is 240 g/mol. The summed E-state index contributed by atoms with van der Waals surface area (Å²) in [5.41, 5.74) is 1.30. The number of hydrogen-bond acceptors (Lipinski definition) is 4. The van der Waals surface area contributed by atoms with Crippen molar-refractivity contribution >= 4 is 11.5 Å². The molecule has 92 valence electrons. The molecule has 0 unspecified atom stereocenters. The zero-order valence-electron chi connectivity index (χ0n) is 10.2. The van der Waals surface area contributed by atoms with Crippen molar-refractivity contribution in [3.63, 3.8) is 0 Å². The summed E-state index contributed by atoms with van der Waals surface area (Å²) in [5.74, 6) is 0.977. The van der Waals surface area contributed by atoms with Gasteiger partial charge in [0.25, 0.3) is 0 Å². The highest BCUT2D eigenvalue weighted by molar-refractivity contribution is 5.48. The summed E-state index contributed by atoms with van der Waals surface area (Å²) < 4.78 is 0. The van der Waals surface area contributed by atoms with E-state index in [0.29, 0.717) is 0 Å². The van der Waals surface area contributed by atoms with Gasteiger partial charge < -0.3 is 9.80 Å². The number of hydrogen-bond donors (Lipinski definition) is 0. The molecule has 4 nitrogen and oxygen atoms in total. The summed E-state index contributed by atoms with van der Waals surface area (Å²) in [6, 6.07) is 14.5. The fourth-order valence-electron chi connectivity index (χ4n) is 2.29. The Hall–Kier alpha value is -2.10. The van der Waals surface area contributed by atoms with Crippen LogP contribution in [0.25, 0.3) is 0 Å². The largest absolute Gasteiger partial charge is 0.368 e. The molecule has 1 aliphatic rings. The maximum absolute atomic E-state index is 4.16. The SMILES string of the molecule is c1ccc(N2CCN(c3cccnn3)CC2)cc1. The molecular weight excluding hydrogens is 224 g/mol. The van der Waals surface area contributed by atoms with Crippen LogP contribution in [0.1, 0.15) is 0 Å². The zero-order valence-corrected chi connectivity index (χ0v) is 10.2. The third-order valence-electron chi connectivity index (χ3n) is 3.28. The third-order valence-corrected chi connectivity index (χ3v) is 3.28. The number of rotatable bonds is 2. The normalized spacial score (nSPS) is 15.8. The summed E-state index contributed by atoms with van der Waals surface area (Å²) in [5, 5.41) is 8.09. The summed E-state index contributed by atoms with van der Waals surface area (Å²) in [7, 11) is 0. The molecule has 1 fully saturated rings. The molecule has 1 aromatic carbocycles. The van der Waals surface area contributed by atoms with Crippen molar-refractivity contribution in [3.8, 4) is 0 Å². The van der Waals surface area contributed by atoms with Crippen molar-refractivity contribution in [3.05, 3.63) is 48.7 Å². The van der Waals surface area contributed by atoms with E-state index < -0.39 is 0 Å². The number of piperazine rings is 1. The van der Waals surface area contributed by atoms with Crippen molar-refractivity contribution in [1.29, 1.82) is 0 Å². The minimum Gasteiger partial charge on any atom is -0.368 e. The molecule has 3 rings (SSSR count). The van der Waals surface area contributed by atoms with Crippen LogP contribution in [0.3, 0.4) is 0 Å². The van der Waals surface area contributed by atoms with E-state index in [2.05, 4.69) is 50.3 Å². The van der Waals surface area contributed by atoms with Gasteiger partial charge in [0.1, 0.15) is 0 Å². The van der Waals surface area contributed by atoms with Gasteiger partial charge in [-0.15, -0.1) is 5.10 Å². The first-order chi connectivity index (χ1) is 8.93. The second-order valence-electron chi connectivity index (χ2n) is 4.39. The molecule has 2 aromatic rings. The highest BCUT2D eigenvalue weighted by Gasteiger charge is 2.17. The smallest absolute Gasteiger partial charge is 0.151 e. The van der Waals surface area contributed by atoms with E-state index >= 15 is 0 Å². The Morgan fingerprint density at radius 3 is 2.17 bits per heavy atom. The summed E-state index contributed by atoms with van der Waals surface area (Å²) in [6.45, 7) is 4.04. The molecule has 4 heteroatoms. The third kappa shape index (κ3) is 2.27. The van der Waals surface area contributed by atoms with E-state index in [1.807, 2.05) is 12.1 Å². The van der Waals surface area contributed by atoms with E-state index in [0.717, 1.165) is 32.0 Å². The van der Waals surface area contributed by atoms with Crippen molar-refractivity contribution in [2.45, 2.75) is 0 Å². The summed E-state index contributed by atoms with van der Waals surface area (Å²) >= 11 is 0. The Balaban J connectivity index is 1.65. The molecule has 0 amide bonds. The predicted octanol–water partition coefficient (Wildman–Crippen LogP) is 1.80. The first kappa shape index (κ1) is 11.0. The van der Waals surface area contributed by atoms with E-state index in [9.17, 15) is 0 Å². The highest BCUT2D eigenvalue weighted by atomic mass is 15.3. The van der Waals surface area contributed by atoms with E-state index in [4.69, 9.17) is 0 Å². The number of benzene rings is 1. The Morgan fingerprint density at radius 1 is 0.778 bits per heavy atom. The molecule has 2 heterocycles. The highest BCUT2D eigenvalue weighted by Crippen LogP contribution is 2.17. The van der Waals surface area contributed by atoms with Gasteiger partial charge in [-0.3, -0.25) is 0 Å². The van der Waals surface area contributed by atoms with Gasteiger partial charge in [-0.25, -0.2) is 0 Å². The number of nitrogens with zero attached hydrogens (tertiary/aromatic N) is 4. The lowest BCUT2D eigenvalue weighted by atomic mass is 10.2. The minimum absolute atomic E-state index is 0.977. The van der Waals surface area contributed by atoms with Gasteiger partial charge in [0, 0.05) is 38.1 Å². The van der Waals surface area contributed by atoms with Crippen LogP contribution in [-0.4, -0.2) is 36.4 Å². The molecule has 1 aromatic heterocycles. The van der Waals surface area contributed by atoms with Gasteiger partial charge in [0.05, 0.1) is 0 Å². The molecule has 0 bridgehead atoms. The average Bonchev–Trinajstić information content (AvgIpc) is 2.49. The number of anilines is 2. The van der Waals surface area contributed by atoms with Gasteiger partial charge in [0.15, 0.2) is 5.82 Å². The fourth-order valence-corrected chi connectivity index (χ4v) is 2.29. The molecule has 0 N–H and O–H groups in total. The maximum Gasteiger partial charge on any atom is 0.151 e. The van der Waals surface area contributed by atoms with Crippen molar-refractivity contribution in [2.24, 2.45) is 0 Å². The topological polar surface area (TPSA) is 32.3 Å². The fraction of sp³-hybridized carbons (Fsp3) is 0.286. The van der Waals surface area contributed by atoms with Crippen molar-refractivity contribution in [1.82, 2.24) is 10.2 Å². The van der Waals surface area contributed by atoms with Crippen LogP contribution in [0.2, 0.25) is 0 Å². The second kappa shape index (κ2) is 5.04. The molecule has 18 heavy (non-hydrogen) atoms. The Morgan fingerprint density at radius 2 is 1.50 bits per heavy atom. The van der Waals surface area contributed by atoms with Crippen LogP contribution in [0.5, 0.6) is 0 Å². The van der Waals surface area contributed by atoms with Crippen LogP contribution in [-0.2, 0) is 0 Å². The second-order valence-corrected chi connectivity index (χ2v) is 4.39. The molecule has 0 spiro atoms. The van der Waals surface area contributed by atoms with Crippen LogP contribution in [0.15, 0.2) is 48.7 Å². The molecule has 1 aliphatic heterocycles. The molecule has 0 saturated carbocycles. The number of para-hydroxylation sites is 1. The van der Waals surface area contributed by atoms with Crippen molar-refractivity contribution < 1.29 is 0 Å². The lowest BCUT2D eigenvalue weighted by molar-refractivity contribution is 0.643. The standard InChI is InChI=1S/C14H16N4/c1-2-5-13(6-3-1)17-9-11-18(12-10-17)14-7-4-8-15-16-14/h1-8H,9-12H2. The van der Waals surface area contributed by atoms with Crippen molar-refractivity contribution in [2.75, 3.05) is 36.0 Å². The number of aromatic nitrogens is 2. The van der Waals surface area contributed by atoms with E-state index in [1.165, 1.54) is 5.69 Å². The monoisotopic (exact) mass is 240 g/mol. The Kier molecular flexibility index (Phi) is 3.08. The van der Waals surface area contributed by atoms with Gasteiger partial charge >= 0.3 is 0 Å². The van der Waals surface area contributed by atoms with E-state index in [1.54, 1.807) is 6.20 Å². The van der Waals surface area contributed by atoms with Gasteiger partial charge in [-0.1, -0.05) is 18.2 Å². The first-order valence-electron chi connectivity index (χ1n) is 6.26. The molecule has 1 saturated heterocycles. The van der Waals surface area contributed by atoms with E-state index in [-0.39, 0.29) is 0 Å². The Labute approximate surface area is 107 Å². The molecular formula is C14H16N4. The molecule has 0 aliphatic carbocycles. The lowest BCUT2D eigenvalue weighted by Gasteiger charge is -2.36. The first-order valence-corrected chi connectivity index (χ1v) is 6.26. The maximum atomic E-state index is 4.16. The minimum atomic E-state index is 0.977.